The Labute approximate surface area is 114 Å². The fourth-order valence-corrected chi connectivity index (χ4v) is 2.69. The normalized spacial score (nSPS) is 19.1. The van der Waals surface area contributed by atoms with Crippen LogP contribution in [0.5, 0.6) is 0 Å². The number of H-pyrrole nitrogens is 1. The number of hydrogen-bond acceptors (Lipinski definition) is 3. The predicted molar refractivity (Wildman–Crippen MR) is 74.9 cm³/mol. The molecule has 1 aliphatic rings. The van der Waals surface area contributed by atoms with Gasteiger partial charge in [-0.2, -0.15) is 0 Å². The summed E-state index contributed by atoms with van der Waals surface area (Å²) in [4.78, 5) is 27.0. The van der Waals surface area contributed by atoms with Gasteiger partial charge in [0, 0.05) is 17.6 Å². The Bertz CT molecular complexity index is 729. The number of aromatic amines is 1. The summed E-state index contributed by atoms with van der Waals surface area (Å²) in [6, 6.07) is 5.09. The highest BCUT2D eigenvalue weighted by Crippen LogP contribution is 2.13. The zero-order chi connectivity index (χ0) is 13.4. The maximum Gasteiger partial charge on any atom is 0.328 e. The van der Waals surface area contributed by atoms with Crippen LogP contribution in [0.4, 0.5) is 0 Å². The maximum absolute atomic E-state index is 12.3. The second-order valence-electron chi connectivity index (χ2n) is 4.83. The number of fused-ring (bicyclic) bond motifs is 1. The summed E-state index contributed by atoms with van der Waals surface area (Å²) in [5, 5.41) is 4.22. The molecule has 0 bridgehead atoms. The molecule has 5 nitrogen and oxygen atoms in total. The van der Waals surface area contributed by atoms with E-state index in [-0.39, 0.29) is 17.3 Å². The predicted octanol–water partition coefficient (Wildman–Crippen LogP) is 1.10. The molecule has 0 radical (unpaired) electrons. The second kappa shape index (κ2) is 4.83. The van der Waals surface area contributed by atoms with Crippen LogP contribution in [0.1, 0.15) is 12.8 Å². The van der Waals surface area contributed by atoms with Crippen LogP contribution in [0.25, 0.3) is 10.9 Å². The van der Waals surface area contributed by atoms with Crippen LogP contribution < -0.4 is 16.6 Å². The molecular weight excluding hydrogens is 266 g/mol. The van der Waals surface area contributed by atoms with E-state index in [4.69, 9.17) is 11.6 Å². The van der Waals surface area contributed by atoms with Crippen molar-refractivity contribution in [1.82, 2.24) is 14.9 Å². The molecule has 2 heterocycles. The highest BCUT2D eigenvalue weighted by molar-refractivity contribution is 6.31. The van der Waals surface area contributed by atoms with E-state index >= 15 is 0 Å². The average Bonchev–Trinajstić information content (AvgIpc) is 2.89. The molecule has 3 rings (SSSR count). The standard InChI is InChI=1S/C13H14ClN3O2/c14-8-3-4-11-10(6-8)12(18)17(13(19)16-11)7-9-2-1-5-15-9/h3-4,6,9,15H,1-2,5,7H2,(H,16,19). The lowest BCUT2D eigenvalue weighted by Crippen LogP contribution is -2.40. The first-order valence-electron chi connectivity index (χ1n) is 6.31. The van der Waals surface area contributed by atoms with Gasteiger partial charge in [0.25, 0.3) is 5.56 Å². The lowest BCUT2D eigenvalue weighted by molar-refractivity contribution is 0.487. The zero-order valence-electron chi connectivity index (χ0n) is 10.3. The van der Waals surface area contributed by atoms with E-state index in [1.165, 1.54) is 4.57 Å². The van der Waals surface area contributed by atoms with E-state index in [1.54, 1.807) is 18.2 Å². The first kappa shape index (κ1) is 12.4. The molecule has 1 aromatic carbocycles. The molecule has 100 valence electrons. The largest absolute Gasteiger partial charge is 0.328 e. The number of benzene rings is 1. The Morgan fingerprint density at radius 2 is 2.21 bits per heavy atom. The van der Waals surface area contributed by atoms with Crippen molar-refractivity contribution in [3.63, 3.8) is 0 Å². The maximum atomic E-state index is 12.3. The minimum atomic E-state index is -0.367. The van der Waals surface area contributed by atoms with Gasteiger partial charge in [-0.25, -0.2) is 4.79 Å². The van der Waals surface area contributed by atoms with Gasteiger partial charge in [-0.3, -0.25) is 9.36 Å². The summed E-state index contributed by atoms with van der Waals surface area (Å²) in [5.74, 6) is 0. The Kier molecular flexibility index (Phi) is 3.16. The molecule has 1 atom stereocenters. The molecular formula is C13H14ClN3O2. The fraction of sp³-hybridized carbons (Fsp3) is 0.385. The van der Waals surface area contributed by atoms with Crippen LogP contribution in [-0.4, -0.2) is 22.1 Å². The molecule has 19 heavy (non-hydrogen) atoms. The van der Waals surface area contributed by atoms with Crippen molar-refractivity contribution in [3.05, 3.63) is 44.1 Å². The summed E-state index contributed by atoms with van der Waals surface area (Å²) < 4.78 is 1.25. The van der Waals surface area contributed by atoms with Crippen molar-refractivity contribution in [1.29, 1.82) is 0 Å². The first-order valence-corrected chi connectivity index (χ1v) is 6.69. The Balaban J connectivity index is 2.13. The molecule has 1 fully saturated rings. The number of halogens is 1. The lowest BCUT2D eigenvalue weighted by atomic mass is 10.2. The van der Waals surface area contributed by atoms with Crippen molar-refractivity contribution >= 4 is 22.5 Å². The van der Waals surface area contributed by atoms with E-state index in [2.05, 4.69) is 10.3 Å². The highest BCUT2D eigenvalue weighted by Gasteiger charge is 2.17. The van der Waals surface area contributed by atoms with Crippen molar-refractivity contribution in [2.45, 2.75) is 25.4 Å². The SMILES string of the molecule is O=c1[nH]c2ccc(Cl)cc2c(=O)n1CC1CCCN1. The zero-order valence-corrected chi connectivity index (χ0v) is 11.0. The highest BCUT2D eigenvalue weighted by atomic mass is 35.5. The van der Waals surface area contributed by atoms with Gasteiger partial charge in [0.1, 0.15) is 0 Å². The van der Waals surface area contributed by atoms with Gasteiger partial charge in [-0.1, -0.05) is 11.6 Å². The van der Waals surface area contributed by atoms with Crippen LogP contribution in [0.2, 0.25) is 5.02 Å². The minimum absolute atomic E-state index is 0.190. The number of nitrogens with one attached hydrogen (secondary N) is 2. The second-order valence-corrected chi connectivity index (χ2v) is 5.27. The van der Waals surface area contributed by atoms with Gasteiger partial charge in [0.2, 0.25) is 0 Å². The lowest BCUT2D eigenvalue weighted by Gasteiger charge is -2.12. The number of aromatic nitrogens is 2. The van der Waals surface area contributed by atoms with Gasteiger partial charge in [-0.15, -0.1) is 0 Å². The van der Waals surface area contributed by atoms with Crippen LogP contribution >= 0.6 is 11.6 Å². The van der Waals surface area contributed by atoms with Crippen LogP contribution in [0.3, 0.4) is 0 Å². The third-order valence-electron chi connectivity index (χ3n) is 3.51. The third-order valence-corrected chi connectivity index (χ3v) is 3.74. The fourth-order valence-electron chi connectivity index (χ4n) is 2.52. The summed E-state index contributed by atoms with van der Waals surface area (Å²) in [6.45, 7) is 1.34. The molecule has 2 N–H and O–H groups in total. The molecule has 2 aromatic rings. The van der Waals surface area contributed by atoms with Crippen molar-refractivity contribution < 1.29 is 0 Å². The average molecular weight is 280 g/mol. The van der Waals surface area contributed by atoms with Crippen molar-refractivity contribution in [3.8, 4) is 0 Å². The summed E-state index contributed by atoms with van der Waals surface area (Å²) >= 11 is 5.90. The quantitative estimate of drug-likeness (QED) is 0.865. The number of rotatable bonds is 2. The Morgan fingerprint density at radius 1 is 1.37 bits per heavy atom. The Morgan fingerprint density at radius 3 is 2.95 bits per heavy atom. The van der Waals surface area contributed by atoms with E-state index in [9.17, 15) is 9.59 Å². The number of nitrogens with zero attached hydrogens (tertiary/aromatic N) is 1. The molecule has 0 spiro atoms. The van der Waals surface area contributed by atoms with E-state index in [1.807, 2.05) is 0 Å². The van der Waals surface area contributed by atoms with Gasteiger partial charge in [0.05, 0.1) is 10.9 Å². The molecule has 1 saturated heterocycles. The van der Waals surface area contributed by atoms with Gasteiger partial charge < -0.3 is 10.3 Å². The molecule has 1 aromatic heterocycles. The van der Waals surface area contributed by atoms with E-state index in [0.29, 0.717) is 22.5 Å². The van der Waals surface area contributed by atoms with Gasteiger partial charge >= 0.3 is 5.69 Å². The van der Waals surface area contributed by atoms with Crippen molar-refractivity contribution in [2.24, 2.45) is 0 Å². The Hall–Kier alpha value is -1.59. The number of hydrogen-bond donors (Lipinski definition) is 2. The van der Waals surface area contributed by atoms with E-state index < -0.39 is 0 Å². The minimum Gasteiger partial charge on any atom is -0.312 e. The molecule has 1 unspecified atom stereocenters. The summed E-state index contributed by atoms with van der Waals surface area (Å²) in [6.07, 6.45) is 2.07. The van der Waals surface area contributed by atoms with E-state index in [0.717, 1.165) is 19.4 Å². The van der Waals surface area contributed by atoms with Gasteiger partial charge in [-0.05, 0) is 37.6 Å². The smallest absolute Gasteiger partial charge is 0.312 e. The van der Waals surface area contributed by atoms with Crippen LogP contribution in [0, 0.1) is 0 Å². The molecule has 0 aliphatic carbocycles. The monoisotopic (exact) mass is 279 g/mol. The van der Waals surface area contributed by atoms with Crippen LogP contribution in [0.15, 0.2) is 27.8 Å². The third kappa shape index (κ3) is 2.31. The summed E-state index contributed by atoms with van der Waals surface area (Å²) in [5.41, 5.74) is -0.126. The molecule has 0 saturated carbocycles. The molecule has 0 amide bonds. The van der Waals surface area contributed by atoms with Crippen LogP contribution in [-0.2, 0) is 6.54 Å². The van der Waals surface area contributed by atoms with Crippen molar-refractivity contribution in [2.75, 3.05) is 6.54 Å². The first-order chi connectivity index (χ1) is 9.15. The summed E-state index contributed by atoms with van der Waals surface area (Å²) in [7, 11) is 0. The topological polar surface area (TPSA) is 66.9 Å². The van der Waals surface area contributed by atoms with Gasteiger partial charge in [0.15, 0.2) is 0 Å². The molecule has 1 aliphatic heterocycles. The molecule has 6 heteroatoms.